The molecule has 0 heterocycles. The van der Waals surface area contributed by atoms with E-state index in [1.807, 2.05) is 0 Å². The highest BCUT2D eigenvalue weighted by Gasteiger charge is 2.37. The summed E-state index contributed by atoms with van der Waals surface area (Å²) in [5.41, 5.74) is 0. The van der Waals surface area contributed by atoms with Crippen LogP contribution in [0.5, 0.6) is 0 Å². The van der Waals surface area contributed by atoms with Gasteiger partial charge in [0.15, 0.2) is 0 Å². The summed E-state index contributed by atoms with van der Waals surface area (Å²) in [5, 5.41) is 0. The molecule has 0 spiro atoms. The van der Waals surface area contributed by atoms with Gasteiger partial charge in [-0.25, -0.2) is 4.39 Å². The molecule has 0 amide bonds. The highest BCUT2D eigenvalue weighted by atomic mass is 32.4. The maximum absolute atomic E-state index is 12.2. The molecule has 1 aromatic carbocycles. The smallest absolute Gasteiger partial charge is 0.207 e. The lowest BCUT2D eigenvalue weighted by molar-refractivity contribution is 0.469. The molecule has 68 valence electrons. The van der Waals surface area contributed by atoms with Crippen LogP contribution in [0.1, 0.15) is 0 Å². The zero-order valence-electron chi connectivity index (χ0n) is 5.64. The first kappa shape index (κ1) is 9.18. The Morgan fingerprint density at radius 1 is 1.17 bits per heavy atom. The van der Waals surface area contributed by atoms with Crippen LogP contribution in [-0.4, -0.2) is 4.21 Å². The van der Waals surface area contributed by atoms with Gasteiger partial charge in [0.1, 0.15) is 10.7 Å². The summed E-state index contributed by atoms with van der Waals surface area (Å²) in [4.78, 5) is -1.42. The second-order valence-corrected chi connectivity index (χ2v) is 3.96. The third-order valence-electron chi connectivity index (χ3n) is 1.16. The van der Waals surface area contributed by atoms with Gasteiger partial charge in [-0.15, -0.1) is 0 Å². The normalized spacial score (nSPS) is 15.2. The summed E-state index contributed by atoms with van der Waals surface area (Å²) < 4.78 is 58.3. The summed E-state index contributed by atoms with van der Waals surface area (Å²) in [5.74, 6) is -1.06. The Morgan fingerprint density at radius 3 is 2.08 bits per heavy atom. The van der Waals surface area contributed by atoms with Crippen LogP contribution in [0.4, 0.5) is 16.0 Å². The van der Waals surface area contributed by atoms with Crippen molar-refractivity contribution in [2.75, 3.05) is 0 Å². The van der Waals surface area contributed by atoms with E-state index in [-0.39, 0.29) is 6.07 Å². The molecule has 12 heavy (non-hydrogen) atoms. The number of hydrogen-bond acceptors (Lipinski definition) is 1. The van der Waals surface area contributed by atoms with Crippen LogP contribution in [0.15, 0.2) is 29.2 Å². The lowest BCUT2D eigenvalue weighted by Crippen LogP contribution is -2.11. The summed E-state index contributed by atoms with van der Waals surface area (Å²) in [6, 6.07) is 2.48. The van der Waals surface area contributed by atoms with Crippen LogP contribution in [0.3, 0.4) is 0 Å². The molecule has 0 atom stereocenters. The first-order valence-corrected chi connectivity index (χ1v) is 4.51. The van der Waals surface area contributed by atoms with Gasteiger partial charge in [-0.05, 0) is 18.2 Å². The summed E-state index contributed by atoms with van der Waals surface area (Å²) in [6.45, 7) is 0. The van der Waals surface area contributed by atoms with Gasteiger partial charge in [0.05, 0.1) is 0 Å². The number of benzene rings is 1. The molecule has 1 rings (SSSR count). The predicted octanol–water partition coefficient (Wildman–Crippen LogP) is 2.66. The van der Waals surface area contributed by atoms with Crippen molar-refractivity contribution in [1.29, 1.82) is 0 Å². The molecule has 0 aliphatic carbocycles. The lowest BCUT2D eigenvalue weighted by atomic mass is 10.4. The van der Waals surface area contributed by atoms with E-state index >= 15 is 0 Å². The van der Waals surface area contributed by atoms with E-state index in [4.69, 9.17) is 0 Å². The highest BCUT2D eigenvalue weighted by Crippen LogP contribution is 2.40. The molecule has 0 unspecified atom stereocenters. The van der Waals surface area contributed by atoms with Crippen molar-refractivity contribution in [3.63, 3.8) is 0 Å². The number of rotatable bonds is 1. The van der Waals surface area contributed by atoms with Gasteiger partial charge < -0.3 is 0 Å². The highest BCUT2D eigenvalue weighted by molar-refractivity contribution is 8.06. The van der Waals surface area contributed by atoms with Crippen LogP contribution in [-0.2, 0) is 10.2 Å². The minimum absolute atomic E-state index is 0.203. The second-order valence-electron chi connectivity index (χ2n) is 2.14. The second kappa shape index (κ2) is 2.29. The zero-order chi connectivity index (χ0) is 9.43. The van der Waals surface area contributed by atoms with Gasteiger partial charge in [-0.2, -0.15) is 4.21 Å². The van der Waals surface area contributed by atoms with E-state index in [9.17, 15) is 20.3 Å². The summed E-state index contributed by atoms with van der Waals surface area (Å²) in [7, 11) is -7.28. The first-order chi connectivity index (χ1) is 5.26. The van der Waals surface area contributed by atoms with Crippen molar-refractivity contribution in [2.24, 2.45) is 0 Å². The molecule has 0 saturated heterocycles. The molecule has 0 radical (unpaired) electrons. The molecule has 0 aliphatic rings. The molecule has 0 aromatic heterocycles. The van der Waals surface area contributed by atoms with Gasteiger partial charge in [0.25, 0.3) is 0 Å². The van der Waals surface area contributed by atoms with Crippen molar-refractivity contribution in [3.8, 4) is 0 Å². The maximum Gasteiger partial charge on any atom is 0.322 e. The van der Waals surface area contributed by atoms with E-state index in [1.54, 1.807) is 0 Å². The van der Waals surface area contributed by atoms with Crippen molar-refractivity contribution >= 4 is 10.2 Å². The molecular formula is C6H4F4OS. The minimum Gasteiger partial charge on any atom is -0.207 e. The van der Waals surface area contributed by atoms with Gasteiger partial charge in [0.2, 0.25) is 0 Å². The SMILES string of the molecule is O=S(F)(F)(F)c1cccc(F)c1. The Morgan fingerprint density at radius 2 is 1.75 bits per heavy atom. The molecule has 0 aliphatic heterocycles. The third-order valence-corrected chi connectivity index (χ3v) is 2.14. The number of hydrogen-bond donors (Lipinski definition) is 0. The maximum atomic E-state index is 12.2. The fourth-order valence-electron chi connectivity index (χ4n) is 0.663. The quantitative estimate of drug-likeness (QED) is 0.503. The van der Waals surface area contributed by atoms with Crippen LogP contribution < -0.4 is 0 Å². The van der Waals surface area contributed by atoms with Gasteiger partial charge in [-0.3, -0.25) is 0 Å². The Balaban J connectivity index is 3.32. The Bertz CT molecular complexity index is 359. The molecular weight excluding hydrogens is 196 g/mol. The van der Waals surface area contributed by atoms with E-state index < -0.39 is 20.9 Å². The van der Waals surface area contributed by atoms with Gasteiger partial charge in [0, 0.05) is 0 Å². The molecule has 0 N–H and O–H groups in total. The Kier molecular flexibility index (Phi) is 1.75. The minimum atomic E-state index is -7.28. The Labute approximate surface area is 66.3 Å². The molecule has 0 bridgehead atoms. The van der Waals surface area contributed by atoms with Crippen LogP contribution in [0, 0.1) is 5.82 Å². The average molecular weight is 200 g/mol. The number of halogens is 4. The molecule has 6 heteroatoms. The van der Waals surface area contributed by atoms with Gasteiger partial charge in [-0.1, -0.05) is 17.7 Å². The third kappa shape index (κ3) is 2.04. The van der Waals surface area contributed by atoms with Crippen molar-refractivity contribution in [2.45, 2.75) is 4.90 Å². The summed E-state index contributed by atoms with van der Waals surface area (Å²) >= 11 is 0. The fourth-order valence-corrected chi connectivity index (χ4v) is 1.25. The van der Waals surface area contributed by atoms with E-state index in [1.165, 1.54) is 0 Å². The monoisotopic (exact) mass is 200 g/mol. The van der Waals surface area contributed by atoms with Crippen molar-refractivity contribution in [1.82, 2.24) is 0 Å². The van der Waals surface area contributed by atoms with Crippen LogP contribution in [0.25, 0.3) is 0 Å². The topological polar surface area (TPSA) is 17.1 Å². The fraction of sp³-hybridized carbons (Fsp3) is 0. The predicted molar refractivity (Wildman–Crippen MR) is 36.1 cm³/mol. The molecule has 1 nitrogen and oxygen atoms in total. The Hall–Kier alpha value is -0.910. The zero-order valence-corrected chi connectivity index (χ0v) is 6.45. The summed E-state index contributed by atoms with van der Waals surface area (Å²) in [6.07, 6.45) is 0. The van der Waals surface area contributed by atoms with Crippen LogP contribution in [0.2, 0.25) is 0 Å². The van der Waals surface area contributed by atoms with Crippen LogP contribution >= 0.6 is 0 Å². The molecule has 1 aromatic rings. The van der Waals surface area contributed by atoms with Crippen molar-refractivity contribution in [3.05, 3.63) is 30.1 Å². The van der Waals surface area contributed by atoms with Gasteiger partial charge >= 0.3 is 10.2 Å². The lowest BCUT2D eigenvalue weighted by Gasteiger charge is -2.13. The van der Waals surface area contributed by atoms with E-state index in [0.29, 0.717) is 6.07 Å². The first-order valence-electron chi connectivity index (χ1n) is 2.84. The molecule has 0 fully saturated rings. The molecule has 0 saturated carbocycles. The van der Waals surface area contributed by atoms with E-state index in [0.717, 1.165) is 12.1 Å². The van der Waals surface area contributed by atoms with Crippen molar-refractivity contribution < 1.29 is 20.3 Å². The van der Waals surface area contributed by atoms with E-state index in [2.05, 4.69) is 0 Å². The standard InChI is InChI=1S/C6H4F4OS/c7-5-2-1-3-6(4-5)12(8,9,10)11/h1-4H. The largest absolute Gasteiger partial charge is 0.322 e. The average Bonchev–Trinajstić information content (AvgIpc) is 1.84.